The quantitative estimate of drug-likeness (QED) is 0.785. The Bertz CT molecular complexity index is 523. The van der Waals surface area contributed by atoms with E-state index in [1.165, 1.54) is 16.6 Å². The lowest BCUT2D eigenvalue weighted by Gasteiger charge is -2.27. The van der Waals surface area contributed by atoms with Crippen molar-refractivity contribution in [3.8, 4) is 0 Å². The van der Waals surface area contributed by atoms with Gasteiger partial charge < -0.3 is 10.8 Å². The predicted molar refractivity (Wildman–Crippen MR) is 72.9 cm³/mol. The van der Waals surface area contributed by atoms with Gasteiger partial charge in [-0.1, -0.05) is 6.92 Å². The molecule has 0 saturated heterocycles. The average molecular weight is 287 g/mol. The minimum atomic E-state index is -3.70. The number of nitrogens with zero attached hydrogens (tertiary/aromatic N) is 2. The van der Waals surface area contributed by atoms with Crippen LogP contribution in [0.3, 0.4) is 0 Å². The van der Waals surface area contributed by atoms with E-state index < -0.39 is 15.6 Å². The second-order valence-corrected chi connectivity index (χ2v) is 6.80. The molecule has 7 heteroatoms. The molecule has 0 radical (unpaired) electrons. The Labute approximate surface area is 114 Å². The fraction of sp³-hybridized carbons (Fsp3) is 0.583. The molecule has 0 atom stereocenters. The molecule has 108 valence electrons. The lowest BCUT2D eigenvalue weighted by molar-refractivity contribution is 0.0601. The molecule has 0 fully saturated rings. The van der Waals surface area contributed by atoms with Crippen molar-refractivity contribution in [1.29, 1.82) is 0 Å². The summed E-state index contributed by atoms with van der Waals surface area (Å²) >= 11 is 0. The molecule has 0 aliphatic carbocycles. The fourth-order valence-electron chi connectivity index (χ4n) is 1.75. The lowest BCUT2D eigenvalue weighted by Crippen LogP contribution is -2.42. The van der Waals surface area contributed by atoms with Crippen LogP contribution in [-0.4, -0.2) is 41.5 Å². The van der Waals surface area contributed by atoms with Gasteiger partial charge in [-0.2, -0.15) is 4.31 Å². The van der Waals surface area contributed by atoms with Crippen LogP contribution in [-0.2, 0) is 16.6 Å². The van der Waals surface area contributed by atoms with Crippen LogP contribution in [0, 0.1) is 0 Å². The maximum atomic E-state index is 12.5. The molecule has 0 aliphatic heterocycles. The summed E-state index contributed by atoms with van der Waals surface area (Å²) in [5.41, 5.74) is 4.75. The highest BCUT2D eigenvalue weighted by molar-refractivity contribution is 7.89. The lowest BCUT2D eigenvalue weighted by atomic mass is 10.1. The summed E-state index contributed by atoms with van der Waals surface area (Å²) < 4.78 is 26.3. The molecule has 1 aromatic rings. The van der Waals surface area contributed by atoms with Crippen molar-refractivity contribution >= 4 is 10.0 Å². The third-order valence-corrected chi connectivity index (χ3v) is 4.57. The number of hydrogen-bond donors (Lipinski definition) is 2. The van der Waals surface area contributed by atoms with Gasteiger partial charge in [-0.05, 0) is 26.0 Å². The Morgan fingerprint density at radius 3 is 2.58 bits per heavy atom. The smallest absolute Gasteiger partial charge is 0.245 e. The van der Waals surface area contributed by atoms with Gasteiger partial charge in [-0.25, -0.2) is 8.42 Å². The SMILES string of the molecule is CCN(CC(C)(C)O)S(=O)(=O)c1cccnc1CN. The summed E-state index contributed by atoms with van der Waals surface area (Å²) in [6, 6.07) is 3.04. The van der Waals surface area contributed by atoms with E-state index in [1.54, 1.807) is 26.8 Å². The van der Waals surface area contributed by atoms with Gasteiger partial charge in [-0.3, -0.25) is 4.98 Å². The van der Waals surface area contributed by atoms with Gasteiger partial charge >= 0.3 is 0 Å². The van der Waals surface area contributed by atoms with E-state index in [0.29, 0.717) is 5.69 Å². The van der Waals surface area contributed by atoms with Gasteiger partial charge in [0.15, 0.2) is 0 Å². The first-order valence-corrected chi connectivity index (χ1v) is 7.53. The molecule has 3 N–H and O–H groups in total. The van der Waals surface area contributed by atoms with E-state index in [-0.39, 0.29) is 24.5 Å². The van der Waals surface area contributed by atoms with Gasteiger partial charge in [0.1, 0.15) is 4.90 Å². The first-order chi connectivity index (χ1) is 8.72. The molecular weight excluding hydrogens is 266 g/mol. The van der Waals surface area contributed by atoms with Crippen LogP contribution >= 0.6 is 0 Å². The number of pyridine rings is 1. The summed E-state index contributed by atoms with van der Waals surface area (Å²) in [5.74, 6) is 0. The van der Waals surface area contributed by atoms with Crippen LogP contribution in [0.15, 0.2) is 23.2 Å². The second-order valence-electron chi connectivity index (χ2n) is 4.90. The Morgan fingerprint density at radius 1 is 1.47 bits per heavy atom. The highest BCUT2D eigenvalue weighted by atomic mass is 32.2. The first kappa shape index (κ1) is 16.0. The van der Waals surface area contributed by atoms with E-state index in [1.807, 2.05) is 0 Å². The number of likely N-dealkylation sites (N-methyl/N-ethyl adjacent to an activating group) is 1. The normalized spacial score (nSPS) is 12.9. The maximum Gasteiger partial charge on any atom is 0.245 e. The van der Waals surface area contributed by atoms with E-state index in [2.05, 4.69) is 4.98 Å². The minimum absolute atomic E-state index is 0.0186. The molecule has 1 aromatic heterocycles. The van der Waals surface area contributed by atoms with Crippen LogP contribution in [0.25, 0.3) is 0 Å². The maximum absolute atomic E-state index is 12.5. The Balaban J connectivity index is 3.21. The van der Waals surface area contributed by atoms with Crippen LogP contribution in [0.2, 0.25) is 0 Å². The van der Waals surface area contributed by atoms with Crippen molar-refractivity contribution < 1.29 is 13.5 Å². The molecule has 0 bridgehead atoms. The van der Waals surface area contributed by atoms with Crippen molar-refractivity contribution in [1.82, 2.24) is 9.29 Å². The van der Waals surface area contributed by atoms with Crippen molar-refractivity contribution in [2.75, 3.05) is 13.1 Å². The van der Waals surface area contributed by atoms with Crippen LogP contribution in [0.4, 0.5) is 0 Å². The third kappa shape index (κ3) is 3.97. The Kier molecular flexibility index (Phi) is 5.03. The molecule has 19 heavy (non-hydrogen) atoms. The van der Waals surface area contributed by atoms with Crippen molar-refractivity contribution in [3.05, 3.63) is 24.0 Å². The zero-order chi connectivity index (χ0) is 14.7. The van der Waals surface area contributed by atoms with Gasteiger partial charge in [-0.15, -0.1) is 0 Å². The molecular formula is C12H21N3O3S. The average Bonchev–Trinajstić information content (AvgIpc) is 2.34. The monoisotopic (exact) mass is 287 g/mol. The molecule has 6 nitrogen and oxygen atoms in total. The topological polar surface area (TPSA) is 96.5 Å². The van der Waals surface area contributed by atoms with E-state index >= 15 is 0 Å². The highest BCUT2D eigenvalue weighted by Crippen LogP contribution is 2.20. The Hall–Kier alpha value is -1.02. The minimum Gasteiger partial charge on any atom is -0.389 e. The summed E-state index contributed by atoms with van der Waals surface area (Å²) in [7, 11) is -3.70. The number of sulfonamides is 1. The van der Waals surface area contributed by atoms with Gasteiger partial charge in [0.2, 0.25) is 10.0 Å². The molecule has 0 aliphatic rings. The number of nitrogens with two attached hydrogens (primary N) is 1. The van der Waals surface area contributed by atoms with Crippen LogP contribution in [0.1, 0.15) is 26.5 Å². The van der Waals surface area contributed by atoms with Gasteiger partial charge in [0, 0.05) is 25.8 Å². The molecule has 1 heterocycles. The molecule has 0 aromatic carbocycles. The third-order valence-electron chi connectivity index (χ3n) is 2.58. The van der Waals surface area contributed by atoms with E-state index in [4.69, 9.17) is 5.73 Å². The number of aliphatic hydroxyl groups is 1. The summed E-state index contributed by atoms with van der Waals surface area (Å²) in [6.45, 7) is 5.20. The number of aromatic nitrogens is 1. The molecule has 0 unspecified atom stereocenters. The summed E-state index contributed by atoms with van der Waals surface area (Å²) in [4.78, 5) is 4.08. The largest absolute Gasteiger partial charge is 0.389 e. The van der Waals surface area contributed by atoms with Gasteiger partial charge in [0.05, 0.1) is 11.3 Å². The van der Waals surface area contributed by atoms with Crippen LogP contribution < -0.4 is 5.73 Å². The summed E-state index contributed by atoms with van der Waals surface area (Å²) in [5, 5.41) is 9.81. The second kappa shape index (κ2) is 5.96. The predicted octanol–water partition coefficient (Wildman–Crippen LogP) is 0.322. The first-order valence-electron chi connectivity index (χ1n) is 6.09. The van der Waals surface area contributed by atoms with Crippen LogP contribution in [0.5, 0.6) is 0 Å². The van der Waals surface area contributed by atoms with E-state index in [9.17, 15) is 13.5 Å². The van der Waals surface area contributed by atoms with Crippen molar-refractivity contribution in [2.24, 2.45) is 5.73 Å². The van der Waals surface area contributed by atoms with E-state index in [0.717, 1.165) is 0 Å². The zero-order valence-corrected chi connectivity index (χ0v) is 12.3. The highest BCUT2D eigenvalue weighted by Gasteiger charge is 2.30. The molecule has 0 spiro atoms. The van der Waals surface area contributed by atoms with Gasteiger partial charge in [0.25, 0.3) is 0 Å². The van der Waals surface area contributed by atoms with Crippen molar-refractivity contribution in [2.45, 2.75) is 37.8 Å². The number of rotatable bonds is 6. The van der Waals surface area contributed by atoms with Crippen molar-refractivity contribution in [3.63, 3.8) is 0 Å². The fourth-order valence-corrected chi connectivity index (χ4v) is 3.54. The standard InChI is InChI=1S/C12H21N3O3S/c1-4-15(9-12(2,3)16)19(17,18)11-6-5-7-14-10(11)8-13/h5-7,16H,4,8-9,13H2,1-3H3. The molecule has 0 saturated carbocycles. The molecule has 1 rings (SSSR count). The summed E-state index contributed by atoms with van der Waals surface area (Å²) in [6.07, 6.45) is 1.51. The number of hydrogen-bond acceptors (Lipinski definition) is 5. The zero-order valence-electron chi connectivity index (χ0n) is 11.5. The molecule has 0 amide bonds. The Morgan fingerprint density at radius 2 is 2.11 bits per heavy atom.